The third-order valence-corrected chi connectivity index (χ3v) is 6.30. The molecule has 25 heavy (non-hydrogen) atoms. The maximum absolute atomic E-state index is 13.1. The van der Waals surface area contributed by atoms with Crippen LogP contribution in [0.15, 0.2) is 24.3 Å². The van der Waals surface area contributed by atoms with Gasteiger partial charge in [0.25, 0.3) is 0 Å². The molecule has 2 atom stereocenters. The zero-order valence-corrected chi connectivity index (χ0v) is 15.6. The van der Waals surface area contributed by atoms with Crippen molar-refractivity contribution in [2.24, 2.45) is 5.92 Å². The summed E-state index contributed by atoms with van der Waals surface area (Å²) in [4.78, 5) is 14.6. The van der Waals surface area contributed by atoms with Crippen molar-refractivity contribution < 1.29 is 13.9 Å². The summed E-state index contributed by atoms with van der Waals surface area (Å²) >= 11 is 0. The first-order chi connectivity index (χ1) is 11.9. The second kappa shape index (κ2) is 7.55. The Labute approximate surface area is 150 Å². The molecule has 138 valence electrons. The summed E-state index contributed by atoms with van der Waals surface area (Å²) in [6.45, 7) is 8.56. The molecular weight excluding hydrogens is 317 g/mol. The molecule has 0 saturated carbocycles. The summed E-state index contributed by atoms with van der Waals surface area (Å²) in [5.74, 6) is 0.735. The van der Waals surface area contributed by atoms with Gasteiger partial charge >= 0.3 is 0 Å². The van der Waals surface area contributed by atoms with Crippen LogP contribution in [0.4, 0.5) is 4.39 Å². The van der Waals surface area contributed by atoms with Crippen LogP contribution in [0.5, 0.6) is 0 Å². The minimum atomic E-state index is -0.580. The highest BCUT2D eigenvalue weighted by Gasteiger charge is 2.44. The number of halogens is 1. The van der Waals surface area contributed by atoms with Crippen molar-refractivity contribution in [1.29, 1.82) is 0 Å². The molecule has 1 aromatic carbocycles. The molecule has 0 N–H and O–H groups in total. The standard InChI is InChI=1S/C21H30FNO2/c1-15(2)21(16(3)24)11-8-20(14-25-21)23-12-9-18(10-13-23)17-4-6-19(22)7-5-17/h4-7,15,18,20H,8-14H2,1-3H3. The van der Waals surface area contributed by atoms with Crippen molar-refractivity contribution in [1.82, 2.24) is 4.90 Å². The number of carbonyl (C=O) groups excluding carboxylic acids is 1. The van der Waals surface area contributed by atoms with E-state index in [1.165, 1.54) is 5.56 Å². The number of benzene rings is 1. The third-order valence-electron chi connectivity index (χ3n) is 6.30. The van der Waals surface area contributed by atoms with E-state index in [0.717, 1.165) is 38.8 Å². The summed E-state index contributed by atoms with van der Waals surface area (Å²) in [5.41, 5.74) is 0.666. The van der Waals surface area contributed by atoms with E-state index in [-0.39, 0.29) is 17.5 Å². The Kier molecular flexibility index (Phi) is 5.59. The van der Waals surface area contributed by atoms with Crippen LogP contribution in [0, 0.1) is 11.7 Å². The lowest BCUT2D eigenvalue weighted by atomic mass is 9.79. The molecule has 0 bridgehead atoms. The van der Waals surface area contributed by atoms with Gasteiger partial charge in [-0.3, -0.25) is 9.69 Å². The van der Waals surface area contributed by atoms with E-state index in [4.69, 9.17) is 4.74 Å². The number of ether oxygens (including phenoxy) is 1. The molecule has 3 nitrogen and oxygen atoms in total. The van der Waals surface area contributed by atoms with Crippen LogP contribution in [0.25, 0.3) is 0 Å². The Morgan fingerprint density at radius 1 is 1.20 bits per heavy atom. The lowest BCUT2D eigenvalue weighted by molar-refractivity contribution is -0.165. The first kappa shape index (κ1) is 18.5. The van der Waals surface area contributed by atoms with E-state index in [0.29, 0.717) is 18.6 Å². The monoisotopic (exact) mass is 347 g/mol. The number of hydrogen-bond donors (Lipinski definition) is 0. The second-order valence-corrected chi connectivity index (χ2v) is 7.97. The zero-order valence-electron chi connectivity index (χ0n) is 15.6. The fourth-order valence-electron chi connectivity index (χ4n) is 4.54. The molecule has 3 rings (SSSR count). The predicted octanol–water partition coefficient (Wildman–Crippen LogP) is 4.17. The third kappa shape index (κ3) is 3.80. The molecule has 0 amide bonds. The number of Topliss-reactive ketones (excluding diaryl/α,β-unsaturated/α-hetero) is 1. The molecular formula is C21H30FNO2. The largest absolute Gasteiger partial charge is 0.365 e. The fourth-order valence-corrected chi connectivity index (χ4v) is 4.54. The summed E-state index contributed by atoms with van der Waals surface area (Å²) < 4.78 is 19.2. The summed E-state index contributed by atoms with van der Waals surface area (Å²) in [7, 11) is 0. The minimum absolute atomic E-state index is 0.163. The van der Waals surface area contributed by atoms with Gasteiger partial charge in [0, 0.05) is 6.04 Å². The number of piperidine rings is 1. The minimum Gasteiger partial charge on any atom is -0.365 e. The first-order valence-electron chi connectivity index (χ1n) is 9.57. The molecule has 1 aromatic rings. The van der Waals surface area contributed by atoms with Gasteiger partial charge in [-0.15, -0.1) is 0 Å². The van der Waals surface area contributed by atoms with Crippen LogP contribution in [-0.2, 0) is 9.53 Å². The SMILES string of the molecule is CC(=O)C1(C(C)C)CCC(N2CCC(c3ccc(F)cc3)CC2)CO1. The topological polar surface area (TPSA) is 29.5 Å². The van der Waals surface area contributed by atoms with E-state index in [9.17, 15) is 9.18 Å². The van der Waals surface area contributed by atoms with Gasteiger partial charge in [-0.2, -0.15) is 0 Å². The molecule has 4 heteroatoms. The van der Waals surface area contributed by atoms with Gasteiger partial charge < -0.3 is 4.74 Å². The highest BCUT2D eigenvalue weighted by atomic mass is 19.1. The van der Waals surface area contributed by atoms with Gasteiger partial charge in [0.05, 0.1) is 6.61 Å². The number of nitrogens with zero attached hydrogens (tertiary/aromatic N) is 1. The fraction of sp³-hybridized carbons (Fsp3) is 0.667. The van der Waals surface area contributed by atoms with Crippen molar-refractivity contribution in [3.63, 3.8) is 0 Å². The van der Waals surface area contributed by atoms with E-state index in [1.54, 1.807) is 19.1 Å². The van der Waals surface area contributed by atoms with E-state index >= 15 is 0 Å². The Hall–Kier alpha value is -1.26. The normalized spacial score (nSPS) is 29.1. The highest BCUT2D eigenvalue weighted by molar-refractivity contribution is 5.85. The van der Waals surface area contributed by atoms with E-state index in [1.807, 2.05) is 12.1 Å². The lowest BCUT2D eigenvalue weighted by Gasteiger charge is -2.46. The number of rotatable bonds is 4. The smallest absolute Gasteiger partial charge is 0.161 e. The average Bonchev–Trinajstić information content (AvgIpc) is 2.62. The molecule has 2 unspecified atom stereocenters. The summed E-state index contributed by atoms with van der Waals surface area (Å²) in [5, 5.41) is 0. The quantitative estimate of drug-likeness (QED) is 0.819. The van der Waals surface area contributed by atoms with E-state index < -0.39 is 5.60 Å². The second-order valence-electron chi connectivity index (χ2n) is 7.97. The summed E-state index contributed by atoms with van der Waals surface area (Å²) in [6.07, 6.45) is 4.05. The molecule has 2 aliphatic rings. The van der Waals surface area contributed by atoms with Crippen molar-refractivity contribution in [2.45, 2.75) is 64.0 Å². The Balaban J connectivity index is 1.54. The number of ketones is 1. The molecule has 2 heterocycles. The predicted molar refractivity (Wildman–Crippen MR) is 97.2 cm³/mol. The molecule has 0 radical (unpaired) electrons. The Bertz CT molecular complexity index is 582. The van der Waals surface area contributed by atoms with Gasteiger partial charge in [0.15, 0.2) is 5.78 Å². The van der Waals surface area contributed by atoms with Gasteiger partial charge in [0.2, 0.25) is 0 Å². The molecule has 2 fully saturated rings. The number of likely N-dealkylation sites (tertiary alicyclic amines) is 1. The number of carbonyl (C=O) groups is 1. The van der Waals surface area contributed by atoms with Crippen LogP contribution in [-0.4, -0.2) is 42.0 Å². The molecule has 0 spiro atoms. The first-order valence-corrected chi connectivity index (χ1v) is 9.57. The Morgan fingerprint density at radius 2 is 1.84 bits per heavy atom. The Morgan fingerprint density at radius 3 is 2.32 bits per heavy atom. The van der Waals surface area contributed by atoms with Gasteiger partial charge in [0.1, 0.15) is 11.4 Å². The molecule has 0 aromatic heterocycles. The van der Waals surface area contributed by atoms with Gasteiger partial charge in [-0.1, -0.05) is 26.0 Å². The summed E-state index contributed by atoms with van der Waals surface area (Å²) in [6, 6.07) is 7.38. The number of hydrogen-bond acceptors (Lipinski definition) is 3. The van der Waals surface area contributed by atoms with Crippen molar-refractivity contribution in [3.8, 4) is 0 Å². The van der Waals surface area contributed by atoms with E-state index in [2.05, 4.69) is 18.7 Å². The van der Waals surface area contributed by atoms with Gasteiger partial charge in [-0.25, -0.2) is 4.39 Å². The molecule has 0 aliphatic carbocycles. The average molecular weight is 347 g/mol. The van der Waals surface area contributed by atoms with Crippen molar-refractivity contribution in [3.05, 3.63) is 35.6 Å². The van der Waals surface area contributed by atoms with Crippen molar-refractivity contribution in [2.75, 3.05) is 19.7 Å². The van der Waals surface area contributed by atoms with Crippen LogP contribution < -0.4 is 0 Å². The molecule has 2 saturated heterocycles. The lowest BCUT2D eigenvalue weighted by Crippen LogP contribution is -2.55. The van der Waals surface area contributed by atoms with Crippen LogP contribution in [0.1, 0.15) is 57.9 Å². The maximum Gasteiger partial charge on any atom is 0.161 e. The van der Waals surface area contributed by atoms with Gasteiger partial charge in [-0.05, 0) is 75.2 Å². The van der Waals surface area contributed by atoms with Crippen LogP contribution in [0.2, 0.25) is 0 Å². The zero-order chi connectivity index (χ0) is 18.0. The highest BCUT2D eigenvalue weighted by Crippen LogP contribution is 2.36. The maximum atomic E-state index is 13.1. The van der Waals surface area contributed by atoms with Crippen LogP contribution in [0.3, 0.4) is 0 Å². The molecule has 2 aliphatic heterocycles. The van der Waals surface area contributed by atoms with Crippen molar-refractivity contribution >= 4 is 5.78 Å². The van der Waals surface area contributed by atoms with Crippen LogP contribution >= 0.6 is 0 Å².